The molecule has 1 aromatic rings. The van der Waals surface area contributed by atoms with Crippen LogP contribution in [0.2, 0.25) is 0 Å². The maximum atomic E-state index is 13.0. The third-order valence-corrected chi connectivity index (χ3v) is 4.83. The van der Waals surface area contributed by atoms with Crippen molar-refractivity contribution in [1.29, 1.82) is 0 Å². The van der Waals surface area contributed by atoms with Crippen LogP contribution < -0.4 is 4.74 Å². The van der Waals surface area contributed by atoms with Gasteiger partial charge in [-0.2, -0.15) is 0 Å². The molecule has 1 atom stereocenters. The number of aromatic hydroxyl groups is 2. The molecule has 0 saturated heterocycles. The van der Waals surface area contributed by atoms with Crippen molar-refractivity contribution in [2.45, 2.75) is 33.1 Å². The lowest BCUT2D eigenvalue weighted by Crippen LogP contribution is -2.38. The fraction of sp³-hybridized carbons (Fsp3) is 0.263. The van der Waals surface area contributed by atoms with E-state index in [2.05, 4.69) is 6.58 Å². The van der Waals surface area contributed by atoms with Gasteiger partial charge in [-0.05, 0) is 33.3 Å². The summed E-state index contributed by atoms with van der Waals surface area (Å²) < 4.78 is 5.75. The Hall–Kier alpha value is -3.02. The number of phenols is 2. The number of rotatable bonds is 2. The van der Waals surface area contributed by atoms with Crippen LogP contribution >= 0.6 is 0 Å². The Balaban J connectivity index is 2.42. The Morgan fingerprint density at radius 3 is 2.32 bits per heavy atom. The van der Waals surface area contributed by atoms with Gasteiger partial charge in [0, 0.05) is 11.6 Å². The number of ketones is 2. The summed E-state index contributed by atoms with van der Waals surface area (Å²) in [5, 5.41) is 31.0. The van der Waals surface area contributed by atoms with Crippen molar-refractivity contribution >= 4 is 17.1 Å². The van der Waals surface area contributed by atoms with Crippen molar-refractivity contribution in [2.75, 3.05) is 0 Å². The summed E-state index contributed by atoms with van der Waals surface area (Å²) in [7, 11) is 0. The zero-order chi connectivity index (χ0) is 18.8. The summed E-state index contributed by atoms with van der Waals surface area (Å²) in [6.07, 6.45) is 1.20. The number of allylic oxidation sites excluding steroid dienone is 4. The molecule has 0 spiro atoms. The fourth-order valence-corrected chi connectivity index (χ4v) is 3.43. The zero-order valence-corrected chi connectivity index (χ0v) is 14.4. The van der Waals surface area contributed by atoms with Gasteiger partial charge in [0.2, 0.25) is 0 Å². The molecule has 130 valence electrons. The average molecular weight is 342 g/mol. The molecule has 6 nitrogen and oxygen atoms in total. The van der Waals surface area contributed by atoms with Crippen molar-refractivity contribution in [2.24, 2.45) is 0 Å². The van der Waals surface area contributed by atoms with Gasteiger partial charge in [0.05, 0.1) is 11.1 Å². The van der Waals surface area contributed by atoms with Crippen molar-refractivity contribution in [3.05, 3.63) is 46.4 Å². The molecule has 1 unspecified atom stereocenters. The fourth-order valence-electron chi connectivity index (χ4n) is 3.43. The summed E-state index contributed by atoms with van der Waals surface area (Å²) in [6.45, 7) is 9.68. The highest BCUT2D eigenvalue weighted by Crippen LogP contribution is 2.58. The number of hydrogen-bond acceptors (Lipinski definition) is 6. The van der Waals surface area contributed by atoms with Crippen LogP contribution in [0.1, 0.15) is 37.5 Å². The van der Waals surface area contributed by atoms with Crippen LogP contribution in [0.3, 0.4) is 0 Å². The molecular weight excluding hydrogens is 324 g/mol. The van der Waals surface area contributed by atoms with Crippen LogP contribution in [0.25, 0.3) is 5.57 Å². The van der Waals surface area contributed by atoms with Gasteiger partial charge in [-0.25, -0.2) is 0 Å². The summed E-state index contributed by atoms with van der Waals surface area (Å²) in [6, 6.07) is 0. The van der Waals surface area contributed by atoms with Gasteiger partial charge in [0.25, 0.3) is 0 Å². The quantitative estimate of drug-likeness (QED) is 0.714. The first-order valence-electron chi connectivity index (χ1n) is 7.67. The Kier molecular flexibility index (Phi) is 3.36. The standard InChI is InChI=1S/C19H18O6/c1-7(2)12-15(22)8(3)16(23)14-17(12)25-11-6-10(21)13(9(4)20)18(24)19(11,14)5/h6,21-23H,1H2,2-5H3. The highest BCUT2D eigenvalue weighted by molar-refractivity contribution is 6.25. The smallest absolute Gasteiger partial charge is 0.188 e. The second-order valence-electron chi connectivity index (χ2n) is 6.56. The number of aliphatic hydroxyl groups excluding tert-OH is 1. The van der Waals surface area contributed by atoms with E-state index in [-0.39, 0.29) is 45.3 Å². The molecule has 25 heavy (non-hydrogen) atoms. The van der Waals surface area contributed by atoms with Crippen molar-refractivity contribution < 1.29 is 29.6 Å². The first kappa shape index (κ1) is 16.8. The van der Waals surface area contributed by atoms with Crippen LogP contribution in [0.15, 0.2) is 29.7 Å². The van der Waals surface area contributed by atoms with Gasteiger partial charge in [-0.3, -0.25) is 9.59 Å². The Labute approximate surface area is 144 Å². The number of hydrogen-bond donors (Lipinski definition) is 3. The monoisotopic (exact) mass is 342 g/mol. The number of carbonyl (C=O) groups is 2. The maximum Gasteiger partial charge on any atom is 0.188 e. The van der Waals surface area contributed by atoms with Crippen LogP contribution in [-0.2, 0) is 15.0 Å². The largest absolute Gasteiger partial charge is 0.507 e. The topological polar surface area (TPSA) is 104 Å². The second-order valence-corrected chi connectivity index (χ2v) is 6.56. The predicted molar refractivity (Wildman–Crippen MR) is 90.6 cm³/mol. The number of carbonyl (C=O) groups excluding carboxylic acids is 2. The molecule has 0 amide bonds. The van der Waals surface area contributed by atoms with Gasteiger partial charge < -0.3 is 20.1 Å². The van der Waals surface area contributed by atoms with Crippen molar-refractivity contribution in [3.8, 4) is 17.2 Å². The average Bonchev–Trinajstić information content (AvgIpc) is 2.78. The lowest BCUT2D eigenvalue weighted by atomic mass is 9.70. The Morgan fingerprint density at radius 1 is 1.20 bits per heavy atom. The summed E-state index contributed by atoms with van der Waals surface area (Å²) in [4.78, 5) is 24.8. The van der Waals surface area contributed by atoms with Crippen molar-refractivity contribution in [1.82, 2.24) is 0 Å². The van der Waals surface area contributed by atoms with Crippen LogP contribution in [0, 0.1) is 6.92 Å². The third kappa shape index (κ3) is 1.91. The molecule has 1 aliphatic heterocycles. The number of aliphatic hydroxyl groups is 1. The number of ether oxygens (including phenoxy) is 1. The highest BCUT2D eigenvalue weighted by atomic mass is 16.5. The van der Waals surface area contributed by atoms with E-state index in [1.807, 2.05) is 0 Å². The van der Waals surface area contributed by atoms with E-state index in [0.29, 0.717) is 5.57 Å². The lowest BCUT2D eigenvalue weighted by Gasteiger charge is -2.28. The van der Waals surface area contributed by atoms with E-state index in [0.717, 1.165) is 0 Å². The number of benzene rings is 1. The summed E-state index contributed by atoms with van der Waals surface area (Å²) in [5.41, 5.74) is -0.726. The number of fused-ring (bicyclic) bond motifs is 3. The van der Waals surface area contributed by atoms with E-state index in [4.69, 9.17) is 4.74 Å². The highest BCUT2D eigenvalue weighted by Gasteiger charge is 2.55. The molecular formula is C19H18O6. The first-order chi connectivity index (χ1) is 11.5. The normalized spacial score (nSPS) is 21.4. The van der Waals surface area contributed by atoms with E-state index >= 15 is 0 Å². The van der Waals surface area contributed by atoms with E-state index in [1.54, 1.807) is 6.92 Å². The minimum absolute atomic E-state index is 0.0813. The number of phenolic OH excluding ortho intramolecular Hbond substituents is 2. The maximum absolute atomic E-state index is 13.0. The van der Waals surface area contributed by atoms with Gasteiger partial charge in [-0.15, -0.1) is 0 Å². The van der Waals surface area contributed by atoms with E-state index in [9.17, 15) is 24.9 Å². The molecule has 0 fully saturated rings. The van der Waals surface area contributed by atoms with Crippen LogP contribution in [0.4, 0.5) is 0 Å². The van der Waals surface area contributed by atoms with Crippen molar-refractivity contribution in [3.63, 3.8) is 0 Å². The molecule has 2 aliphatic rings. The molecule has 3 rings (SSSR count). The van der Waals surface area contributed by atoms with E-state index in [1.165, 1.54) is 26.8 Å². The SMILES string of the molecule is C=C(C)c1c(O)c(C)c(O)c2c1OC1=CC(O)=C(C(C)=O)C(=O)C12C. The molecule has 0 bridgehead atoms. The summed E-state index contributed by atoms with van der Waals surface area (Å²) in [5.74, 6) is -2.02. The van der Waals surface area contributed by atoms with E-state index < -0.39 is 22.7 Å². The molecule has 6 heteroatoms. The zero-order valence-electron chi connectivity index (χ0n) is 14.4. The van der Waals surface area contributed by atoms with Crippen LogP contribution in [0.5, 0.6) is 17.2 Å². The van der Waals surface area contributed by atoms with Gasteiger partial charge >= 0.3 is 0 Å². The van der Waals surface area contributed by atoms with Gasteiger partial charge in [0.1, 0.15) is 39.8 Å². The van der Waals surface area contributed by atoms with Crippen LogP contribution in [-0.4, -0.2) is 26.9 Å². The Morgan fingerprint density at radius 2 is 1.80 bits per heavy atom. The molecule has 1 aromatic carbocycles. The number of Topliss-reactive ketones (excluding diaryl/α,β-unsaturated/α-hetero) is 2. The molecule has 1 aliphatic carbocycles. The van der Waals surface area contributed by atoms with Gasteiger partial charge in [-0.1, -0.05) is 6.58 Å². The first-order valence-corrected chi connectivity index (χ1v) is 7.67. The minimum atomic E-state index is -1.48. The summed E-state index contributed by atoms with van der Waals surface area (Å²) >= 11 is 0. The predicted octanol–water partition coefficient (Wildman–Crippen LogP) is 2.96. The van der Waals surface area contributed by atoms with Gasteiger partial charge in [0.15, 0.2) is 11.6 Å². The molecule has 3 N–H and O–H groups in total. The minimum Gasteiger partial charge on any atom is -0.507 e. The lowest BCUT2D eigenvalue weighted by molar-refractivity contribution is -0.123. The molecule has 0 radical (unpaired) electrons. The third-order valence-electron chi connectivity index (χ3n) is 4.83. The second kappa shape index (κ2) is 4.99. The Bertz CT molecular complexity index is 947. The molecule has 0 aromatic heterocycles. The molecule has 0 saturated carbocycles. The molecule has 1 heterocycles.